The van der Waals surface area contributed by atoms with Crippen LogP contribution in [-0.2, 0) is 0 Å². The molecule has 0 spiro atoms. The number of nitrogens with zero attached hydrogens (tertiary/aromatic N) is 8. The average Bonchev–Trinajstić information content (AvgIpc) is 3.58. The van der Waals surface area contributed by atoms with Crippen molar-refractivity contribution in [2.75, 3.05) is 0 Å². The van der Waals surface area contributed by atoms with Gasteiger partial charge >= 0.3 is 0 Å². The first-order chi connectivity index (χ1) is 18.5. The lowest BCUT2D eigenvalue weighted by Gasteiger charge is -2.08. The van der Waals surface area contributed by atoms with E-state index < -0.39 is 0 Å². The molecule has 0 unspecified atom stereocenters. The summed E-state index contributed by atoms with van der Waals surface area (Å²) in [5.74, 6) is 3.25. The third kappa shape index (κ3) is 9.75. The molecule has 0 aliphatic rings. The van der Waals surface area contributed by atoms with E-state index in [-0.39, 0.29) is 0 Å². The molecule has 0 bridgehead atoms. The van der Waals surface area contributed by atoms with E-state index in [1.54, 1.807) is 0 Å². The largest absolute Gasteiger partial charge is 0.361 e. The summed E-state index contributed by atoms with van der Waals surface area (Å²) in [5, 5.41) is 12.4. The van der Waals surface area contributed by atoms with Crippen molar-refractivity contribution < 1.29 is 4.52 Å². The van der Waals surface area contributed by atoms with E-state index in [4.69, 9.17) is 4.52 Å². The lowest BCUT2D eigenvalue weighted by Crippen LogP contribution is -2.04. The first-order valence-electron chi connectivity index (χ1n) is 14.3. The smallest absolute Gasteiger partial charge is 0.147 e. The number of imidazole rings is 1. The third-order valence-electron chi connectivity index (χ3n) is 6.76. The van der Waals surface area contributed by atoms with Crippen LogP contribution in [-0.4, -0.2) is 39.3 Å². The molecule has 0 saturated heterocycles. The molecular formula is C31H54N8O. The third-order valence-corrected chi connectivity index (χ3v) is 6.76. The van der Waals surface area contributed by atoms with Crippen molar-refractivity contribution in [2.45, 2.75) is 135 Å². The zero-order valence-corrected chi connectivity index (χ0v) is 28.0. The van der Waals surface area contributed by atoms with Crippen LogP contribution in [0.15, 0.2) is 17.0 Å². The molecule has 0 aliphatic carbocycles. The predicted molar refractivity (Wildman–Crippen MR) is 164 cm³/mol. The van der Waals surface area contributed by atoms with Gasteiger partial charge in [0.25, 0.3) is 0 Å². The fraction of sp³-hybridized carbons (Fsp3) is 0.645. The molecule has 40 heavy (non-hydrogen) atoms. The highest BCUT2D eigenvalue weighted by atomic mass is 16.5. The molecular weight excluding hydrogens is 500 g/mol. The van der Waals surface area contributed by atoms with E-state index in [1.807, 2.05) is 56.5 Å². The molecule has 9 nitrogen and oxygen atoms in total. The Labute approximate surface area is 242 Å². The predicted octanol–water partition coefficient (Wildman–Crippen LogP) is 8.05. The maximum atomic E-state index is 5.01. The van der Waals surface area contributed by atoms with Gasteiger partial charge in [-0.2, -0.15) is 10.2 Å². The highest BCUT2D eigenvalue weighted by Gasteiger charge is 2.10. The summed E-state index contributed by atoms with van der Waals surface area (Å²) < 4.78 is 11.1. The molecule has 0 atom stereocenters. The second kappa shape index (κ2) is 15.5. The monoisotopic (exact) mass is 554 g/mol. The van der Waals surface area contributed by atoms with Gasteiger partial charge in [-0.3, -0.25) is 4.68 Å². The molecule has 0 saturated carbocycles. The highest BCUT2D eigenvalue weighted by Crippen LogP contribution is 2.19. The first kappa shape index (κ1) is 34.8. The molecule has 0 aliphatic heterocycles. The SMILES string of the molecule is Cc1cnn(C(C)C)c1C.Cc1nc(C)n(C(C)C)n1.Cc1ncn(C(C)C)c1C.Cc1onc(C(C)C)c1C. The number of aromatic nitrogens is 8. The van der Waals surface area contributed by atoms with Gasteiger partial charge in [-0.15, -0.1) is 0 Å². The van der Waals surface area contributed by atoms with E-state index in [2.05, 4.69) is 106 Å². The minimum Gasteiger partial charge on any atom is -0.361 e. The molecule has 0 fully saturated rings. The Morgan fingerprint density at radius 2 is 1.30 bits per heavy atom. The normalized spacial score (nSPS) is 10.9. The fourth-order valence-corrected chi connectivity index (χ4v) is 4.06. The number of hydrogen-bond donors (Lipinski definition) is 0. The summed E-state index contributed by atoms with van der Waals surface area (Å²) >= 11 is 0. The van der Waals surface area contributed by atoms with Crippen LogP contribution in [0.25, 0.3) is 0 Å². The Bertz CT molecular complexity index is 1170. The Kier molecular flexibility index (Phi) is 13.5. The van der Waals surface area contributed by atoms with Gasteiger partial charge in [-0.1, -0.05) is 19.0 Å². The van der Waals surface area contributed by atoms with Crippen molar-refractivity contribution in [3.05, 3.63) is 63.8 Å². The first-order valence-corrected chi connectivity index (χ1v) is 14.3. The van der Waals surface area contributed by atoms with Gasteiger partial charge in [-0.05, 0) is 108 Å². The summed E-state index contributed by atoms with van der Waals surface area (Å²) in [5.41, 5.74) is 7.22. The Balaban J connectivity index is 0.000000267. The summed E-state index contributed by atoms with van der Waals surface area (Å²) in [7, 11) is 0. The molecule has 4 heterocycles. The Morgan fingerprint density at radius 3 is 1.50 bits per heavy atom. The van der Waals surface area contributed by atoms with Gasteiger partial charge in [0.1, 0.15) is 17.4 Å². The van der Waals surface area contributed by atoms with Gasteiger partial charge in [0, 0.05) is 35.1 Å². The second-order valence-electron chi connectivity index (χ2n) is 11.5. The van der Waals surface area contributed by atoms with Crippen molar-refractivity contribution >= 4 is 0 Å². The zero-order chi connectivity index (χ0) is 30.9. The maximum absolute atomic E-state index is 5.01. The molecule has 4 aromatic rings. The maximum Gasteiger partial charge on any atom is 0.147 e. The second-order valence-corrected chi connectivity index (χ2v) is 11.5. The average molecular weight is 555 g/mol. The molecule has 0 amide bonds. The van der Waals surface area contributed by atoms with Crippen molar-refractivity contribution in [1.29, 1.82) is 0 Å². The summed E-state index contributed by atoms with van der Waals surface area (Å²) in [4.78, 5) is 8.38. The van der Waals surface area contributed by atoms with Crippen molar-refractivity contribution in [3.63, 3.8) is 0 Å². The van der Waals surface area contributed by atoms with E-state index >= 15 is 0 Å². The van der Waals surface area contributed by atoms with Crippen molar-refractivity contribution in [1.82, 2.24) is 39.3 Å². The van der Waals surface area contributed by atoms with Crippen molar-refractivity contribution in [2.24, 2.45) is 0 Å². The van der Waals surface area contributed by atoms with Crippen LogP contribution in [0.5, 0.6) is 0 Å². The highest BCUT2D eigenvalue weighted by molar-refractivity contribution is 5.22. The molecule has 9 heteroatoms. The van der Waals surface area contributed by atoms with Gasteiger partial charge in [0.15, 0.2) is 0 Å². The minimum absolute atomic E-state index is 0.418. The lowest BCUT2D eigenvalue weighted by molar-refractivity contribution is 0.387. The van der Waals surface area contributed by atoms with Crippen LogP contribution in [0.1, 0.15) is 131 Å². The van der Waals surface area contributed by atoms with Gasteiger partial charge in [0.2, 0.25) is 0 Å². The summed E-state index contributed by atoms with van der Waals surface area (Å²) in [6.07, 6.45) is 3.81. The van der Waals surface area contributed by atoms with Gasteiger partial charge in [0.05, 0.1) is 23.9 Å². The van der Waals surface area contributed by atoms with E-state index in [0.29, 0.717) is 24.0 Å². The van der Waals surface area contributed by atoms with Crippen LogP contribution < -0.4 is 0 Å². The van der Waals surface area contributed by atoms with Crippen LogP contribution in [0.3, 0.4) is 0 Å². The zero-order valence-electron chi connectivity index (χ0n) is 28.0. The van der Waals surface area contributed by atoms with Crippen LogP contribution in [0.4, 0.5) is 0 Å². The number of hydrogen-bond acceptors (Lipinski definition) is 6. The van der Waals surface area contributed by atoms with E-state index in [0.717, 1.165) is 28.8 Å². The Hall–Kier alpha value is -3.23. The topological polar surface area (TPSA) is 92.4 Å². The molecule has 0 N–H and O–H groups in total. The minimum atomic E-state index is 0.418. The lowest BCUT2D eigenvalue weighted by atomic mass is 10.1. The van der Waals surface area contributed by atoms with Crippen molar-refractivity contribution in [3.8, 4) is 0 Å². The van der Waals surface area contributed by atoms with E-state index in [9.17, 15) is 0 Å². The van der Waals surface area contributed by atoms with Gasteiger partial charge < -0.3 is 9.09 Å². The number of rotatable bonds is 4. The number of aryl methyl sites for hydroxylation is 5. The van der Waals surface area contributed by atoms with Crippen LogP contribution in [0.2, 0.25) is 0 Å². The molecule has 4 rings (SSSR count). The molecule has 224 valence electrons. The van der Waals surface area contributed by atoms with E-state index in [1.165, 1.54) is 22.5 Å². The summed E-state index contributed by atoms with van der Waals surface area (Å²) in [6, 6.07) is 1.43. The van der Waals surface area contributed by atoms with Crippen LogP contribution in [0, 0.1) is 55.4 Å². The summed E-state index contributed by atoms with van der Waals surface area (Å²) in [6.45, 7) is 33.2. The molecule has 0 aromatic carbocycles. The standard InChI is InChI=1S/2C8H14N2.C8H13NO.C7H13N3/c1-6(2)10-5-9-7(3)8(10)4;1-6(2)10-8(4)7(3)5-9-10;1-5(2)8-6(3)7(4)10-9-8;1-5(2)10-7(4)8-6(3)9-10/h2*5-6H,1-4H3;2*5H,1-4H3. The van der Waals surface area contributed by atoms with Gasteiger partial charge in [-0.25, -0.2) is 14.6 Å². The fourth-order valence-electron chi connectivity index (χ4n) is 4.06. The quantitative estimate of drug-likeness (QED) is 0.253. The molecule has 4 aromatic heterocycles. The molecule has 0 radical (unpaired) electrons. The van der Waals surface area contributed by atoms with Crippen LogP contribution >= 0.6 is 0 Å². The Morgan fingerprint density at radius 1 is 0.725 bits per heavy atom.